The molecule has 0 spiro atoms. The summed E-state index contributed by atoms with van der Waals surface area (Å²) in [6.07, 6.45) is 43.0. The smallest absolute Gasteiger partial charge is 0.234 e. The van der Waals surface area contributed by atoms with Crippen molar-refractivity contribution in [1.29, 1.82) is 0 Å². The zero-order valence-corrected chi connectivity index (χ0v) is 26.1. The number of nitrogens with zero attached hydrogens (tertiary/aromatic N) is 2. The average molecular weight is 518 g/mol. The van der Waals surface area contributed by atoms with Crippen molar-refractivity contribution in [2.45, 2.75) is 207 Å². The summed E-state index contributed by atoms with van der Waals surface area (Å²) in [5, 5.41) is 0. The molecule has 0 aromatic carbocycles. The lowest BCUT2D eigenvalue weighted by molar-refractivity contribution is -0.704. The molecule has 1 aromatic heterocycles. The van der Waals surface area contributed by atoms with E-state index in [1.807, 2.05) is 0 Å². The van der Waals surface area contributed by atoms with E-state index in [2.05, 4.69) is 42.3 Å². The van der Waals surface area contributed by atoms with Crippen molar-refractivity contribution in [3.63, 3.8) is 0 Å². The normalized spacial score (nSPS) is 11.5. The average Bonchev–Trinajstić information content (AvgIpc) is 3.29. The SMILES string of the molecule is CCCCCCCCCCCCCCCC[n+]1ccn(CCCC)c1CCCCCCCCCCCC. The molecule has 37 heavy (non-hydrogen) atoms. The predicted octanol–water partition coefficient (Wildman–Crippen LogP) is 11.5. The minimum atomic E-state index is 1.20. The second kappa shape index (κ2) is 26.8. The van der Waals surface area contributed by atoms with E-state index < -0.39 is 0 Å². The van der Waals surface area contributed by atoms with Gasteiger partial charge in [0.05, 0.1) is 13.1 Å². The molecular weight excluding hydrogens is 448 g/mol. The highest BCUT2D eigenvalue weighted by Crippen LogP contribution is 2.14. The molecular formula is C35H69N2+. The van der Waals surface area contributed by atoms with Crippen LogP contribution < -0.4 is 4.57 Å². The van der Waals surface area contributed by atoms with E-state index in [4.69, 9.17) is 0 Å². The van der Waals surface area contributed by atoms with Gasteiger partial charge in [-0.15, -0.1) is 0 Å². The zero-order chi connectivity index (χ0) is 26.7. The van der Waals surface area contributed by atoms with Crippen LogP contribution in [0.2, 0.25) is 0 Å². The van der Waals surface area contributed by atoms with Gasteiger partial charge in [0.25, 0.3) is 5.82 Å². The van der Waals surface area contributed by atoms with Crippen molar-refractivity contribution in [2.24, 2.45) is 0 Å². The van der Waals surface area contributed by atoms with Crippen LogP contribution in [0.1, 0.15) is 194 Å². The Bertz CT molecular complexity index is 576. The fraction of sp³-hybridized carbons (Fsp3) is 0.914. The lowest BCUT2D eigenvalue weighted by atomic mass is 10.0. The van der Waals surface area contributed by atoms with Crippen LogP contribution in [0.25, 0.3) is 0 Å². The number of imidazole rings is 1. The molecule has 0 bridgehead atoms. The molecule has 2 nitrogen and oxygen atoms in total. The molecule has 0 atom stereocenters. The lowest BCUT2D eigenvalue weighted by Gasteiger charge is -2.07. The monoisotopic (exact) mass is 518 g/mol. The van der Waals surface area contributed by atoms with Gasteiger partial charge in [0.1, 0.15) is 12.4 Å². The van der Waals surface area contributed by atoms with Crippen molar-refractivity contribution >= 4 is 0 Å². The van der Waals surface area contributed by atoms with Crippen molar-refractivity contribution in [3.8, 4) is 0 Å². The van der Waals surface area contributed by atoms with Gasteiger partial charge in [0.15, 0.2) is 0 Å². The Kier molecular flexibility index (Phi) is 24.8. The van der Waals surface area contributed by atoms with E-state index in [1.165, 1.54) is 186 Å². The molecule has 0 radical (unpaired) electrons. The summed E-state index contributed by atoms with van der Waals surface area (Å²) in [4.78, 5) is 0. The molecule has 0 aliphatic heterocycles. The third-order valence-electron chi connectivity index (χ3n) is 8.35. The van der Waals surface area contributed by atoms with Gasteiger partial charge < -0.3 is 0 Å². The predicted molar refractivity (Wildman–Crippen MR) is 165 cm³/mol. The molecule has 0 N–H and O–H groups in total. The molecule has 0 aliphatic rings. The van der Waals surface area contributed by atoms with E-state index in [0.29, 0.717) is 0 Å². The van der Waals surface area contributed by atoms with Gasteiger partial charge in [-0.1, -0.05) is 162 Å². The highest BCUT2D eigenvalue weighted by molar-refractivity contribution is 4.84. The number of rotatable bonds is 29. The molecule has 0 amide bonds. The number of hydrogen-bond donors (Lipinski definition) is 0. The second-order valence-electron chi connectivity index (χ2n) is 12.0. The Hall–Kier alpha value is -0.790. The minimum absolute atomic E-state index is 1.20. The van der Waals surface area contributed by atoms with E-state index >= 15 is 0 Å². The van der Waals surface area contributed by atoms with E-state index in [-0.39, 0.29) is 0 Å². The lowest BCUT2D eigenvalue weighted by Crippen LogP contribution is -2.37. The number of aromatic nitrogens is 2. The Morgan fingerprint density at radius 1 is 0.459 bits per heavy atom. The summed E-state index contributed by atoms with van der Waals surface area (Å²) in [5.41, 5.74) is 0. The first-order valence-corrected chi connectivity index (χ1v) is 17.4. The summed E-state index contributed by atoms with van der Waals surface area (Å²) >= 11 is 0. The Morgan fingerprint density at radius 3 is 1.27 bits per heavy atom. The number of hydrogen-bond acceptors (Lipinski definition) is 0. The largest absolute Gasteiger partial charge is 0.256 e. The maximum Gasteiger partial charge on any atom is 0.256 e. The molecule has 1 aromatic rings. The van der Waals surface area contributed by atoms with Gasteiger partial charge in [-0.3, -0.25) is 0 Å². The van der Waals surface area contributed by atoms with Gasteiger partial charge in [-0.05, 0) is 25.7 Å². The topological polar surface area (TPSA) is 8.81 Å². The maximum atomic E-state index is 2.60. The Morgan fingerprint density at radius 2 is 0.838 bits per heavy atom. The second-order valence-corrected chi connectivity index (χ2v) is 12.0. The first-order valence-electron chi connectivity index (χ1n) is 17.4. The summed E-state index contributed by atoms with van der Waals surface area (Å²) in [6, 6.07) is 0. The molecule has 0 unspecified atom stereocenters. The fourth-order valence-corrected chi connectivity index (χ4v) is 5.77. The van der Waals surface area contributed by atoms with Crippen molar-refractivity contribution < 1.29 is 4.57 Å². The van der Waals surface area contributed by atoms with Gasteiger partial charge in [0, 0.05) is 6.42 Å². The van der Waals surface area contributed by atoms with Crippen LogP contribution in [0.3, 0.4) is 0 Å². The quantitative estimate of drug-likeness (QED) is 0.0737. The summed E-state index contributed by atoms with van der Waals surface area (Å²) in [7, 11) is 0. The molecule has 1 heterocycles. The Balaban J connectivity index is 2.13. The summed E-state index contributed by atoms with van der Waals surface area (Å²) in [5.74, 6) is 1.60. The molecule has 218 valence electrons. The van der Waals surface area contributed by atoms with Crippen LogP contribution >= 0.6 is 0 Å². The van der Waals surface area contributed by atoms with Crippen molar-refractivity contribution in [3.05, 3.63) is 18.2 Å². The van der Waals surface area contributed by atoms with Gasteiger partial charge in [-0.25, -0.2) is 9.13 Å². The number of aryl methyl sites for hydroxylation is 2. The van der Waals surface area contributed by atoms with Crippen molar-refractivity contribution in [2.75, 3.05) is 0 Å². The third kappa shape index (κ3) is 19.9. The molecule has 0 aliphatic carbocycles. The van der Waals surface area contributed by atoms with E-state index in [0.717, 1.165) is 0 Å². The van der Waals surface area contributed by atoms with Gasteiger partial charge in [-0.2, -0.15) is 0 Å². The molecule has 0 saturated heterocycles. The van der Waals surface area contributed by atoms with Crippen LogP contribution in [-0.4, -0.2) is 4.57 Å². The van der Waals surface area contributed by atoms with E-state index in [1.54, 1.807) is 5.82 Å². The van der Waals surface area contributed by atoms with Gasteiger partial charge in [0.2, 0.25) is 0 Å². The van der Waals surface area contributed by atoms with Crippen LogP contribution in [0, 0.1) is 0 Å². The highest BCUT2D eigenvalue weighted by Gasteiger charge is 2.16. The maximum absolute atomic E-state index is 2.60. The van der Waals surface area contributed by atoms with Crippen molar-refractivity contribution in [1.82, 2.24) is 4.57 Å². The Labute approximate surface area is 234 Å². The van der Waals surface area contributed by atoms with Crippen LogP contribution in [0.15, 0.2) is 12.4 Å². The third-order valence-corrected chi connectivity index (χ3v) is 8.35. The number of unbranched alkanes of at least 4 members (excludes halogenated alkanes) is 23. The molecule has 0 fully saturated rings. The summed E-state index contributed by atoms with van der Waals surface area (Å²) in [6.45, 7) is 9.36. The highest BCUT2D eigenvalue weighted by atomic mass is 15.1. The first-order chi connectivity index (χ1) is 18.3. The first kappa shape index (κ1) is 34.2. The van der Waals surface area contributed by atoms with Gasteiger partial charge >= 0.3 is 0 Å². The van der Waals surface area contributed by atoms with E-state index in [9.17, 15) is 0 Å². The summed E-state index contributed by atoms with van der Waals surface area (Å²) < 4.78 is 5.17. The minimum Gasteiger partial charge on any atom is -0.234 e. The van der Waals surface area contributed by atoms with Crippen LogP contribution in [0.5, 0.6) is 0 Å². The molecule has 0 saturated carbocycles. The zero-order valence-electron chi connectivity index (χ0n) is 26.1. The molecule has 1 rings (SSSR count). The van der Waals surface area contributed by atoms with Crippen LogP contribution in [-0.2, 0) is 19.5 Å². The fourth-order valence-electron chi connectivity index (χ4n) is 5.77. The standard InChI is InChI=1S/C35H69N2/c1-4-7-10-12-14-16-18-19-20-21-23-25-27-29-32-37-34-33-36(31-9-6-3)35(37)30-28-26-24-22-17-15-13-11-8-5-2/h33-34H,4-32H2,1-3H3/q+1. The van der Waals surface area contributed by atoms with Crippen LogP contribution in [0.4, 0.5) is 0 Å². The molecule has 2 heteroatoms.